The molecule has 0 spiro atoms. The van der Waals surface area contributed by atoms with Crippen molar-refractivity contribution in [3.05, 3.63) is 35.4 Å². The van der Waals surface area contributed by atoms with E-state index in [2.05, 4.69) is 31.3 Å². The van der Waals surface area contributed by atoms with E-state index in [0.29, 0.717) is 6.10 Å². The van der Waals surface area contributed by atoms with Crippen LogP contribution in [0.2, 0.25) is 0 Å². The first-order valence-corrected chi connectivity index (χ1v) is 6.73. The molecular formula is C15H25NO2. The molecule has 3 nitrogen and oxygen atoms in total. The molecule has 0 fully saturated rings. The molecule has 1 aromatic rings. The van der Waals surface area contributed by atoms with E-state index in [1.807, 2.05) is 12.1 Å². The largest absolute Gasteiger partial charge is 0.392 e. The summed E-state index contributed by atoms with van der Waals surface area (Å²) in [4.78, 5) is 0. The third-order valence-electron chi connectivity index (χ3n) is 2.73. The fraction of sp³-hybridized carbons (Fsp3) is 0.600. The van der Waals surface area contributed by atoms with Crippen molar-refractivity contribution in [1.29, 1.82) is 0 Å². The monoisotopic (exact) mass is 251 g/mol. The van der Waals surface area contributed by atoms with Gasteiger partial charge in [-0.1, -0.05) is 24.3 Å². The first-order chi connectivity index (χ1) is 8.72. The van der Waals surface area contributed by atoms with E-state index in [-0.39, 0.29) is 6.61 Å². The van der Waals surface area contributed by atoms with E-state index in [1.54, 1.807) is 0 Å². The molecule has 0 saturated carbocycles. The molecule has 0 aromatic heterocycles. The molecule has 0 amide bonds. The molecule has 0 aliphatic rings. The molecule has 0 bridgehead atoms. The molecule has 0 unspecified atom stereocenters. The first-order valence-electron chi connectivity index (χ1n) is 6.73. The van der Waals surface area contributed by atoms with E-state index < -0.39 is 0 Å². The second kappa shape index (κ2) is 9.09. The fourth-order valence-electron chi connectivity index (χ4n) is 1.67. The van der Waals surface area contributed by atoms with Crippen LogP contribution >= 0.6 is 0 Å². The van der Waals surface area contributed by atoms with E-state index in [0.717, 1.165) is 38.1 Å². The maximum absolute atomic E-state index is 8.94. The minimum absolute atomic E-state index is 0.115. The molecule has 1 rings (SSSR count). The quantitative estimate of drug-likeness (QED) is 0.663. The van der Waals surface area contributed by atoms with Crippen LogP contribution in [-0.4, -0.2) is 24.4 Å². The van der Waals surface area contributed by atoms with Crippen molar-refractivity contribution >= 4 is 0 Å². The van der Waals surface area contributed by atoms with E-state index >= 15 is 0 Å². The highest BCUT2D eigenvalue weighted by molar-refractivity contribution is 5.21. The number of hydrogen-bond acceptors (Lipinski definition) is 3. The van der Waals surface area contributed by atoms with Crippen molar-refractivity contribution in [2.45, 2.75) is 45.9 Å². The fourth-order valence-corrected chi connectivity index (χ4v) is 1.67. The van der Waals surface area contributed by atoms with Gasteiger partial charge in [0, 0.05) is 13.2 Å². The van der Waals surface area contributed by atoms with Crippen LogP contribution in [0.5, 0.6) is 0 Å². The Kier molecular flexibility index (Phi) is 7.65. The number of aliphatic hydroxyl groups is 1. The van der Waals surface area contributed by atoms with Gasteiger partial charge in [0.25, 0.3) is 0 Å². The Labute approximate surface area is 110 Å². The summed E-state index contributed by atoms with van der Waals surface area (Å²) in [6.07, 6.45) is 2.58. The van der Waals surface area contributed by atoms with Gasteiger partial charge in [-0.05, 0) is 44.4 Å². The highest BCUT2D eigenvalue weighted by atomic mass is 16.5. The average molecular weight is 251 g/mol. The van der Waals surface area contributed by atoms with E-state index in [1.165, 1.54) is 5.56 Å². The molecule has 18 heavy (non-hydrogen) atoms. The summed E-state index contributed by atoms with van der Waals surface area (Å²) in [5.41, 5.74) is 2.22. The lowest BCUT2D eigenvalue weighted by Gasteiger charge is -2.08. The average Bonchev–Trinajstić information content (AvgIpc) is 2.38. The highest BCUT2D eigenvalue weighted by Crippen LogP contribution is 2.04. The minimum atomic E-state index is 0.115. The van der Waals surface area contributed by atoms with Crippen LogP contribution in [-0.2, 0) is 17.9 Å². The van der Waals surface area contributed by atoms with Crippen LogP contribution in [0.4, 0.5) is 0 Å². The zero-order valence-electron chi connectivity index (χ0n) is 11.5. The summed E-state index contributed by atoms with van der Waals surface area (Å²) >= 11 is 0. The molecule has 0 radical (unpaired) electrons. The number of benzene rings is 1. The zero-order chi connectivity index (χ0) is 13.2. The first kappa shape index (κ1) is 15.2. The van der Waals surface area contributed by atoms with Gasteiger partial charge in [0.2, 0.25) is 0 Å². The van der Waals surface area contributed by atoms with Gasteiger partial charge in [-0.15, -0.1) is 0 Å². The molecule has 0 atom stereocenters. The summed E-state index contributed by atoms with van der Waals surface area (Å²) in [5, 5.41) is 12.3. The summed E-state index contributed by atoms with van der Waals surface area (Å²) in [7, 11) is 0. The van der Waals surface area contributed by atoms with Crippen LogP contribution in [0.15, 0.2) is 24.3 Å². The third-order valence-corrected chi connectivity index (χ3v) is 2.73. The maximum atomic E-state index is 8.94. The third kappa shape index (κ3) is 6.74. The number of nitrogens with one attached hydrogen (secondary N) is 1. The van der Waals surface area contributed by atoms with Crippen LogP contribution in [0.1, 0.15) is 37.8 Å². The van der Waals surface area contributed by atoms with Crippen molar-refractivity contribution in [3.8, 4) is 0 Å². The summed E-state index contributed by atoms with van der Waals surface area (Å²) in [6, 6.07) is 8.04. The molecule has 1 aromatic carbocycles. The smallest absolute Gasteiger partial charge is 0.0681 e. The predicted octanol–water partition coefficient (Wildman–Crippen LogP) is 2.47. The number of rotatable bonds is 9. The Morgan fingerprint density at radius 1 is 1.11 bits per heavy atom. The summed E-state index contributed by atoms with van der Waals surface area (Å²) in [6.45, 7) is 7.00. The molecule has 0 aliphatic heterocycles. The van der Waals surface area contributed by atoms with Crippen molar-refractivity contribution in [2.75, 3.05) is 13.2 Å². The highest BCUT2D eigenvalue weighted by Gasteiger charge is 1.95. The van der Waals surface area contributed by atoms with Crippen molar-refractivity contribution in [2.24, 2.45) is 0 Å². The van der Waals surface area contributed by atoms with Gasteiger partial charge in [0.1, 0.15) is 0 Å². The van der Waals surface area contributed by atoms with E-state index in [4.69, 9.17) is 9.84 Å². The number of ether oxygens (including phenoxy) is 1. The normalized spacial score (nSPS) is 11.1. The van der Waals surface area contributed by atoms with Gasteiger partial charge in [-0.25, -0.2) is 0 Å². The van der Waals surface area contributed by atoms with E-state index in [9.17, 15) is 0 Å². The Balaban J connectivity index is 2.03. The lowest BCUT2D eigenvalue weighted by atomic mass is 10.1. The summed E-state index contributed by atoms with van der Waals surface area (Å²) < 4.78 is 5.48. The molecule has 102 valence electrons. The number of hydrogen-bond donors (Lipinski definition) is 2. The molecule has 0 heterocycles. The van der Waals surface area contributed by atoms with Gasteiger partial charge in [-0.2, -0.15) is 0 Å². The summed E-state index contributed by atoms with van der Waals surface area (Å²) in [5.74, 6) is 0. The van der Waals surface area contributed by atoms with Crippen molar-refractivity contribution in [3.63, 3.8) is 0 Å². The Hall–Kier alpha value is -0.900. The Bertz CT molecular complexity index is 309. The lowest BCUT2D eigenvalue weighted by molar-refractivity contribution is 0.0760. The molecule has 2 N–H and O–H groups in total. The lowest BCUT2D eigenvalue weighted by Crippen LogP contribution is -2.15. The van der Waals surface area contributed by atoms with Gasteiger partial charge in [0.05, 0.1) is 12.7 Å². The molecule has 0 saturated heterocycles. The van der Waals surface area contributed by atoms with Crippen LogP contribution in [0.25, 0.3) is 0 Å². The molecular weight excluding hydrogens is 226 g/mol. The predicted molar refractivity (Wildman–Crippen MR) is 74.4 cm³/mol. The van der Waals surface area contributed by atoms with Gasteiger partial charge in [0.15, 0.2) is 0 Å². The Morgan fingerprint density at radius 2 is 1.78 bits per heavy atom. The van der Waals surface area contributed by atoms with Crippen LogP contribution in [0.3, 0.4) is 0 Å². The number of aliphatic hydroxyl groups excluding tert-OH is 1. The zero-order valence-corrected chi connectivity index (χ0v) is 11.5. The SMILES string of the molecule is CC(C)OCCCCNCc1ccc(CO)cc1. The van der Waals surface area contributed by atoms with Crippen LogP contribution in [0, 0.1) is 0 Å². The minimum Gasteiger partial charge on any atom is -0.392 e. The molecule has 3 heteroatoms. The standard InChI is InChI=1S/C15H25NO2/c1-13(2)18-10-4-3-9-16-11-14-5-7-15(12-17)8-6-14/h5-8,13,16-17H,3-4,9-12H2,1-2H3. The molecule has 0 aliphatic carbocycles. The van der Waals surface area contributed by atoms with Crippen molar-refractivity contribution in [1.82, 2.24) is 5.32 Å². The van der Waals surface area contributed by atoms with Crippen molar-refractivity contribution < 1.29 is 9.84 Å². The second-order valence-corrected chi connectivity index (χ2v) is 4.78. The topological polar surface area (TPSA) is 41.5 Å². The van der Waals surface area contributed by atoms with Gasteiger partial charge in [-0.3, -0.25) is 0 Å². The number of unbranched alkanes of at least 4 members (excludes halogenated alkanes) is 1. The maximum Gasteiger partial charge on any atom is 0.0681 e. The van der Waals surface area contributed by atoms with Gasteiger partial charge >= 0.3 is 0 Å². The van der Waals surface area contributed by atoms with Crippen LogP contribution < -0.4 is 5.32 Å². The second-order valence-electron chi connectivity index (χ2n) is 4.78. The Morgan fingerprint density at radius 3 is 2.39 bits per heavy atom. The van der Waals surface area contributed by atoms with Gasteiger partial charge < -0.3 is 15.2 Å².